The van der Waals surface area contributed by atoms with Crippen LogP contribution in [0, 0.1) is 6.92 Å². The lowest BCUT2D eigenvalue weighted by molar-refractivity contribution is -0.117. The molecule has 0 aliphatic carbocycles. The largest absolute Gasteiger partial charge is 0.361 e. The van der Waals surface area contributed by atoms with Crippen LogP contribution in [0.4, 0.5) is 5.69 Å². The van der Waals surface area contributed by atoms with Crippen molar-refractivity contribution in [3.63, 3.8) is 0 Å². The van der Waals surface area contributed by atoms with E-state index >= 15 is 0 Å². The van der Waals surface area contributed by atoms with Gasteiger partial charge in [-0.05, 0) is 54.7 Å². The average molecular weight is 321 g/mol. The number of fused-ring (bicyclic) bond motifs is 1. The molecule has 124 valence electrons. The molecule has 0 fully saturated rings. The first-order valence-corrected chi connectivity index (χ1v) is 8.29. The number of hydrogen-bond acceptors (Lipinski definition) is 2. The van der Waals surface area contributed by atoms with E-state index in [2.05, 4.69) is 24.1 Å². The van der Waals surface area contributed by atoms with Gasteiger partial charge in [0.15, 0.2) is 0 Å². The van der Waals surface area contributed by atoms with Crippen molar-refractivity contribution in [1.29, 1.82) is 0 Å². The Morgan fingerprint density at radius 3 is 2.79 bits per heavy atom. The third-order valence-electron chi connectivity index (χ3n) is 4.45. The van der Waals surface area contributed by atoms with Crippen molar-refractivity contribution in [2.75, 3.05) is 5.32 Å². The van der Waals surface area contributed by atoms with Gasteiger partial charge >= 0.3 is 0 Å². The number of amides is 1. The van der Waals surface area contributed by atoms with Gasteiger partial charge in [0.2, 0.25) is 5.91 Å². The van der Waals surface area contributed by atoms with Crippen molar-refractivity contribution in [3.8, 4) is 0 Å². The number of benzene rings is 2. The monoisotopic (exact) mass is 321 g/mol. The molecule has 0 radical (unpaired) electrons. The molecule has 0 unspecified atom stereocenters. The summed E-state index contributed by atoms with van der Waals surface area (Å²) in [4.78, 5) is 15.6. The first kappa shape index (κ1) is 16.3. The van der Waals surface area contributed by atoms with E-state index in [9.17, 15) is 4.79 Å². The zero-order valence-electron chi connectivity index (χ0n) is 14.1. The Hall–Kier alpha value is -2.59. The Labute approximate surface area is 142 Å². The molecule has 0 saturated heterocycles. The normalized spacial score (nSPS) is 12.3. The standard InChI is InChI=1S/C20H23N3O/c1-3-14-10-16(9-8-13(14)2)23-20(24)18(21)11-15-12-22-19-7-5-4-6-17(15)19/h4-10,12,18,22H,3,11,21H2,1-2H3,(H,23,24)/t18-/m0/s1. The van der Waals surface area contributed by atoms with Gasteiger partial charge in [-0.3, -0.25) is 4.79 Å². The molecule has 0 aliphatic rings. The Balaban J connectivity index is 1.71. The van der Waals surface area contributed by atoms with Crippen molar-refractivity contribution in [1.82, 2.24) is 4.98 Å². The molecule has 24 heavy (non-hydrogen) atoms. The maximum atomic E-state index is 12.4. The summed E-state index contributed by atoms with van der Waals surface area (Å²) < 4.78 is 0. The van der Waals surface area contributed by atoms with Gasteiger partial charge in [0, 0.05) is 22.8 Å². The molecule has 0 spiro atoms. The summed E-state index contributed by atoms with van der Waals surface area (Å²) >= 11 is 0. The minimum absolute atomic E-state index is 0.161. The molecule has 3 rings (SSSR count). The first-order valence-electron chi connectivity index (χ1n) is 8.29. The zero-order chi connectivity index (χ0) is 17.1. The fourth-order valence-corrected chi connectivity index (χ4v) is 3.00. The van der Waals surface area contributed by atoms with Crippen molar-refractivity contribution < 1.29 is 4.79 Å². The fraction of sp³-hybridized carbons (Fsp3) is 0.250. The van der Waals surface area contributed by atoms with Crippen LogP contribution in [-0.2, 0) is 17.6 Å². The molecule has 0 saturated carbocycles. The minimum Gasteiger partial charge on any atom is -0.361 e. The predicted octanol–water partition coefficient (Wildman–Crippen LogP) is 3.55. The van der Waals surface area contributed by atoms with Gasteiger partial charge in [0.1, 0.15) is 0 Å². The van der Waals surface area contributed by atoms with Crippen LogP contribution in [0.15, 0.2) is 48.7 Å². The SMILES string of the molecule is CCc1cc(NC(=O)[C@@H](N)Cc2c[nH]c3ccccc23)ccc1C. The topological polar surface area (TPSA) is 70.9 Å². The van der Waals surface area contributed by atoms with Gasteiger partial charge in [0.25, 0.3) is 0 Å². The van der Waals surface area contributed by atoms with E-state index in [0.717, 1.165) is 28.6 Å². The molecule has 0 aliphatic heterocycles. The highest BCUT2D eigenvalue weighted by Gasteiger charge is 2.16. The number of nitrogens with two attached hydrogens (primary N) is 1. The molecule has 4 nitrogen and oxygen atoms in total. The van der Waals surface area contributed by atoms with Crippen molar-refractivity contribution in [3.05, 3.63) is 65.4 Å². The smallest absolute Gasteiger partial charge is 0.241 e. The van der Waals surface area contributed by atoms with Crippen LogP contribution >= 0.6 is 0 Å². The van der Waals surface area contributed by atoms with E-state index in [4.69, 9.17) is 5.73 Å². The van der Waals surface area contributed by atoms with Crippen molar-refractivity contribution in [2.24, 2.45) is 5.73 Å². The first-order chi connectivity index (χ1) is 11.6. The van der Waals surface area contributed by atoms with Crippen LogP contribution in [0.1, 0.15) is 23.6 Å². The summed E-state index contributed by atoms with van der Waals surface area (Å²) in [6, 6.07) is 13.4. The van der Waals surface area contributed by atoms with Gasteiger partial charge in [-0.25, -0.2) is 0 Å². The van der Waals surface area contributed by atoms with Gasteiger partial charge in [-0.15, -0.1) is 0 Å². The summed E-state index contributed by atoms with van der Waals surface area (Å²) in [5, 5.41) is 4.05. The number of carbonyl (C=O) groups is 1. The van der Waals surface area contributed by atoms with E-state index < -0.39 is 6.04 Å². The zero-order valence-corrected chi connectivity index (χ0v) is 14.1. The lowest BCUT2D eigenvalue weighted by Crippen LogP contribution is -2.37. The highest BCUT2D eigenvalue weighted by atomic mass is 16.2. The second kappa shape index (κ2) is 6.89. The number of aryl methyl sites for hydroxylation is 2. The van der Waals surface area contributed by atoms with Crippen LogP contribution in [-0.4, -0.2) is 16.9 Å². The Morgan fingerprint density at radius 2 is 2.00 bits per heavy atom. The molecule has 1 heterocycles. The molecular weight excluding hydrogens is 298 g/mol. The Kier molecular flexibility index (Phi) is 4.67. The van der Waals surface area contributed by atoms with Gasteiger partial charge < -0.3 is 16.0 Å². The second-order valence-corrected chi connectivity index (χ2v) is 6.15. The highest BCUT2D eigenvalue weighted by molar-refractivity contribution is 5.95. The molecule has 3 aromatic rings. The number of nitrogens with one attached hydrogen (secondary N) is 2. The van der Waals surface area contributed by atoms with E-state index in [0.29, 0.717) is 6.42 Å². The molecule has 4 N–H and O–H groups in total. The van der Waals surface area contributed by atoms with Crippen molar-refractivity contribution in [2.45, 2.75) is 32.7 Å². The lowest BCUT2D eigenvalue weighted by atomic mass is 10.0. The molecule has 2 aromatic carbocycles. The summed E-state index contributed by atoms with van der Waals surface area (Å²) in [5.41, 5.74) is 11.5. The molecular formula is C20H23N3O. The van der Waals surface area contributed by atoms with Gasteiger partial charge in [-0.2, -0.15) is 0 Å². The van der Waals surface area contributed by atoms with Gasteiger partial charge in [-0.1, -0.05) is 31.2 Å². The highest BCUT2D eigenvalue weighted by Crippen LogP contribution is 2.20. The number of carbonyl (C=O) groups excluding carboxylic acids is 1. The number of anilines is 1. The van der Waals surface area contributed by atoms with Crippen LogP contribution in [0.25, 0.3) is 10.9 Å². The summed E-state index contributed by atoms with van der Waals surface area (Å²) in [5.74, 6) is -0.161. The molecule has 1 atom stereocenters. The van der Waals surface area contributed by atoms with E-state index in [-0.39, 0.29) is 5.91 Å². The summed E-state index contributed by atoms with van der Waals surface area (Å²) in [6.45, 7) is 4.18. The Bertz CT molecular complexity index is 866. The van der Waals surface area contributed by atoms with Crippen molar-refractivity contribution >= 4 is 22.5 Å². The molecule has 0 bridgehead atoms. The fourth-order valence-electron chi connectivity index (χ4n) is 3.00. The number of aromatic nitrogens is 1. The van der Waals surface area contributed by atoms with Crippen LogP contribution in [0.3, 0.4) is 0 Å². The quantitative estimate of drug-likeness (QED) is 0.672. The number of hydrogen-bond donors (Lipinski definition) is 3. The van der Waals surface area contributed by atoms with E-state index in [1.54, 1.807) is 0 Å². The molecule has 1 amide bonds. The Morgan fingerprint density at radius 1 is 1.21 bits per heavy atom. The number of H-pyrrole nitrogens is 1. The van der Waals surface area contributed by atoms with E-state index in [1.807, 2.05) is 48.7 Å². The summed E-state index contributed by atoms with van der Waals surface area (Å²) in [7, 11) is 0. The number of para-hydroxylation sites is 1. The third-order valence-corrected chi connectivity index (χ3v) is 4.45. The van der Waals surface area contributed by atoms with Crippen LogP contribution in [0.2, 0.25) is 0 Å². The molecule has 1 aromatic heterocycles. The minimum atomic E-state index is -0.587. The van der Waals surface area contributed by atoms with Gasteiger partial charge in [0.05, 0.1) is 6.04 Å². The van der Waals surface area contributed by atoms with E-state index in [1.165, 1.54) is 11.1 Å². The average Bonchev–Trinajstić information content (AvgIpc) is 2.99. The number of aromatic amines is 1. The maximum Gasteiger partial charge on any atom is 0.241 e. The predicted molar refractivity (Wildman–Crippen MR) is 99.2 cm³/mol. The van der Waals surface area contributed by atoms with Crippen LogP contribution in [0.5, 0.6) is 0 Å². The van der Waals surface area contributed by atoms with Crippen LogP contribution < -0.4 is 11.1 Å². The summed E-state index contributed by atoms with van der Waals surface area (Å²) in [6.07, 6.45) is 3.37. The lowest BCUT2D eigenvalue weighted by Gasteiger charge is -2.13. The molecule has 4 heteroatoms. The second-order valence-electron chi connectivity index (χ2n) is 6.15. The number of rotatable bonds is 5. The third kappa shape index (κ3) is 3.34. The maximum absolute atomic E-state index is 12.4.